The fourth-order valence-electron chi connectivity index (χ4n) is 13.5. The van der Waals surface area contributed by atoms with Gasteiger partial charge in [-0.1, -0.05) is 6.07 Å². The molecule has 6 aromatic carbocycles. The van der Waals surface area contributed by atoms with E-state index in [1.165, 1.54) is 53.1 Å². The van der Waals surface area contributed by atoms with Gasteiger partial charge in [0, 0.05) is 107 Å². The SMILES string of the molecule is COc1ccc2c3c([nH]c2c1)C(CC(CC1=NCCc2c1[nH]c1cc(OC)ccc21)c1cc(OC)c(O)c([N+](=O)[O-])c1)=NCC3.COc1ccc2c3c([nH]c2c1)C(CC(CC1=NCCc2c1[nH]c1cc(OC)ccc21)c1ccc(OC(C)=O)c(OC)c1)=NCC3. The molecule has 0 fully saturated rings. The summed E-state index contributed by atoms with van der Waals surface area (Å²) in [5.41, 5.74) is 18.3. The Hall–Kier alpha value is -10.4. The van der Waals surface area contributed by atoms with Crippen LogP contribution in [0.1, 0.15) is 101 Å². The van der Waals surface area contributed by atoms with Crippen molar-refractivity contribution in [1.82, 2.24) is 19.9 Å². The zero-order valence-corrected chi connectivity index (χ0v) is 51.2. The summed E-state index contributed by atoms with van der Waals surface area (Å²) in [7, 11) is 9.65. The maximum absolute atomic E-state index is 12.0. The minimum atomic E-state index is -0.582. The van der Waals surface area contributed by atoms with Crippen molar-refractivity contribution in [2.24, 2.45) is 20.0 Å². The Labute approximate surface area is 518 Å². The van der Waals surface area contributed by atoms with Crippen LogP contribution in [0, 0.1) is 10.1 Å². The van der Waals surface area contributed by atoms with Gasteiger partial charge < -0.3 is 58.2 Å². The van der Waals surface area contributed by atoms with Crippen LogP contribution in [-0.2, 0) is 30.5 Å². The highest BCUT2D eigenvalue weighted by Crippen LogP contribution is 2.44. The number of esters is 1. The number of aromatic hydroxyl groups is 1. The number of nitro groups is 1. The van der Waals surface area contributed by atoms with Gasteiger partial charge in [-0.05, 0) is 163 Å². The molecule has 20 heteroatoms. The highest BCUT2D eigenvalue weighted by molar-refractivity contribution is 6.11. The lowest BCUT2D eigenvalue weighted by molar-refractivity contribution is -0.386. The van der Waals surface area contributed by atoms with E-state index < -0.39 is 22.3 Å². The number of phenolic OH excluding ortho intramolecular Hbond substituents is 1. The third-order valence-electron chi connectivity index (χ3n) is 17.9. The number of hydrogen-bond donors (Lipinski definition) is 5. The van der Waals surface area contributed by atoms with Crippen LogP contribution in [0.15, 0.2) is 123 Å². The second-order valence-electron chi connectivity index (χ2n) is 22.9. The van der Waals surface area contributed by atoms with Gasteiger partial charge in [0.05, 0.1) is 93.2 Å². The van der Waals surface area contributed by atoms with Gasteiger partial charge >= 0.3 is 11.7 Å². The first kappa shape index (κ1) is 58.6. The zero-order chi connectivity index (χ0) is 62.3. The van der Waals surface area contributed by atoms with Crippen LogP contribution in [0.4, 0.5) is 5.69 Å². The van der Waals surface area contributed by atoms with Gasteiger partial charge in [-0.3, -0.25) is 34.9 Å². The molecule has 0 bridgehead atoms. The number of aromatic amines is 4. The summed E-state index contributed by atoms with van der Waals surface area (Å²) in [5.74, 6) is 3.00. The Morgan fingerprint density at radius 2 is 0.811 bits per heavy atom. The number of ether oxygens (including phenoxy) is 7. The lowest BCUT2D eigenvalue weighted by atomic mass is 9.84. The van der Waals surface area contributed by atoms with Crippen molar-refractivity contribution in [3.63, 3.8) is 0 Å². The van der Waals surface area contributed by atoms with E-state index in [1.54, 1.807) is 41.6 Å². The molecule has 0 spiro atoms. The van der Waals surface area contributed by atoms with Crippen molar-refractivity contribution in [2.75, 3.05) is 68.8 Å². The van der Waals surface area contributed by atoms with E-state index in [0.29, 0.717) is 55.8 Å². The number of aliphatic imine (C=N–C) groups is 4. The van der Waals surface area contributed by atoms with Crippen molar-refractivity contribution in [3.05, 3.63) is 169 Å². The molecular weight excluding hydrogens is 1140 g/mol. The number of hydrogen-bond acceptors (Lipinski definition) is 15. The van der Waals surface area contributed by atoms with Crippen molar-refractivity contribution in [1.29, 1.82) is 0 Å². The Morgan fingerprint density at radius 3 is 1.13 bits per heavy atom. The number of phenols is 1. The summed E-state index contributed by atoms with van der Waals surface area (Å²) >= 11 is 0. The molecule has 0 amide bonds. The largest absolute Gasteiger partial charge is 0.500 e. The smallest absolute Gasteiger partial charge is 0.314 e. The molecule has 5 N–H and O–H groups in total. The minimum Gasteiger partial charge on any atom is -0.500 e. The molecule has 4 aliphatic heterocycles. The quantitative estimate of drug-likeness (QED) is 0.0234. The third kappa shape index (κ3) is 11.1. The molecule has 90 heavy (non-hydrogen) atoms. The highest BCUT2D eigenvalue weighted by atomic mass is 16.6. The Balaban J connectivity index is 0.000000165. The van der Waals surface area contributed by atoms with E-state index in [9.17, 15) is 20.0 Å². The molecule has 0 saturated carbocycles. The molecule has 0 radical (unpaired) electrons. The highest BCUT2D eigenvalue weighted by Gasteiger charge is 2.32. The van der Waals surface area contributed by atoms with Crippen LogP contribution >= 0.6 is 0 Å². The molecule has 0 atom stereocenters. The maximum atomic E-state index is 12.0. The fourth-order valence-corrected chi connectivity index (χ4v) is 13.5. The van der Waals surface area contributed by atoms with Crippen LogP contribution in [0.2, 0.25) is 0 Å². The Morgan fingerprint density at radius 1 is 0.467 bits per heavy atom. The number of carbonyl (C=O) groups is 1. The van der Waals surface area contributed by atoms with Crippen molar-refractivity contribution in [3.8, 4) is 46.0 Å². The van der Waals surface area contributed by atoms with E-state index in [0.717, 1.165) is 146 Å². The van der Waals surface area contributed by atoms with E-state index in [4.69, 9.17) is 53.1 Å². The number of fused-ring (bicyclic) bond motifs is 12. The molecule has 460 valence electrons. The van der Waals surface area contributed by atoms with E-state index in [-0.39, 0.29) is 17.6 Å². The monoisotopic (exact) mass is 1210 g/mol. The normalized spacial score (nSPS) is 14.2. The standard InChI is InChI=1S/C36H36N4O5.C34H33N5O6/c1-20(41)45-33-10-5-21(17-34(33)44-4)22(15-31-35-27(11-13-37-31)25-8-6-23(42-2)18-29(25)39-35)16-32-36-28(12-14-38-32)26-9-7-24(43-3)19-30(26)40-36;1-43-20-4-6-22-24-8-10-35-28(32(24)37-26(22)16-20)12-18(19-14-30(39(41)42)34(40)31(15-19)45-3)13-29-33-25(9-11-36-29)23-7-5-21(44-2)17-27(23)38-33/h5-10,17-19,22,39-40H,11-16H2,1-4H3;4-7,14-18,37-38,40H,8-13H2,1-3H3. The predicted octanol–water partition coefficient (Wildman–Crippen LogP) is 12.8. The number of methoxy groups -OCH3 is 6. The molecule has 20 nitrogen and oxygen atoms in total. The molecule has 0 saturated heterocycles. The summed E-state index contributed by atoms with van der Waals surface area (Å²) in [4.78, 5) is 57.7. The zero-order valence-electron chi connectivity index (χ0n) is 51.2. The number of benzene rings is 6. The van der Waals surface area contributed by atoms with Crippen LogP contribution < -0.4 is 33.2 Å². The second kappa shape index (κ2) is 24.7. The number of carbonyl (C=O) groups excluding carboxylic acids is 1. The number of nitrogens with one attached hydrogen (secondary N) is 4. The lowest BCUT2D eigenvalue weighted by Gasteiger charge is -2.24. The molecule has 0 aliphatic carbocycles. The second-order valence-corrected chi connectivity index (χ2v) is 22.9. The Kier molecular flexibility index (Phi) is 16.1. The van der Waals surface area contributed by atoms with Gasteiger partial charge in [-0.15, -0.1) is 0 Å². The third-order valence-corrected chi connectivity index (χ3v) is 17.9. The number of nitro benzene ring substituents is 1. The van der Waals surface area contributed by atoms with Crippen LogP contribution in [0.5, 0.6) is 46.0 Å². The van der Waals surface area contributed by atoms with E-state index in [1.807, 2.05) is 66.7 Å². The maximum Gasteiger partial charge on any atom is 0.314 e. The van der Waals surface area contributed by atoms with E-state index in [2.05, 4.69) is 44.2 Å². The van der Waals surface area contributed by atoms with Gasteiger partial charge in [-0.2, -0.15) is 0 Å². The first-order valence-corrected chi connectivity index (χ1v) is 30.1. The average molecular weight is 1210 g/mol. The van der Waals surface area contributed by atoms with Gasteiger partial charge in [0.1, 0.15) is 23.0 Å². The Bertz CT molecular complexity index is 4400. The summed E-state index contributed by atoms with van der Waals surface area (Å²) in [5, 5.41) is 27.2. The summed E-state index contributed by atoms with van der Waals surface area (Å²) in [6.45, 7) is 4.14. The fraction of sp³-hybridized carbons (Fsp3) is 0.300. The lowest BCUT2D eigenvalue weighted by Crippen LogP contribution is -2.20. The first-order chi connectivity index (χ1) is 43.8. The summed E-state index contributed by atoms with van der Waals surface area (Å²) in [6.07, 6.45) is 5.75. The van der Waals surface area contributed by atoms with Crippen molar-refractivity contribution >= 4 is 78.1 Å². The van der Waals surface area contributed by atoms with E-state index >= 15 is 0 Å². The van der Waals surface area contributed by atoms with Gasteiger partial charge in [-0.25, -0.2) is 0 Å². The number of nitrogens with zero attached hydrogens (tertiary/aromatic N) is 5. The molecule has 4 aromatic heterocycles. The molecule has 4 aliphatic rings. The molecule has 8 heterocycles. The molecule has 0 unspecified atom stereocenters. The summed E-state index contributed by atoms with van der Waals surface area (Å²) < 4.78 is 38.4. The van der Waals surface area contributed by atoms with Crippen molar-refractivity contribution < 1.29 is 48.0 Å². The van der Waals surface area contributed by atoms with Gasteiger partial charge in [0.2, 0.25) is 5.75 Å². The van der Waals surface area contributed by atoms with Crippen LogP contribution in [0.3, 0.4) is 0 Å². The number of rotatable bonds is 18. The van der Waals surface area contributed by atoms with Crippen LogP contribution in [-0.4, -0.2) is 128 Å². The summed E-state index contributed by atoms with van der Waals surface area (Å²) in [6, 6.07) is 33.4. The number of aromatic nitrogens is 4. The molecular formula is C70H69N9O11. The predicted molar refractivity (Wildman–Crippen MR) is 349 cm³/mol. The van der Waals surface area contributed by atoms with Gasteiger partial charge in [0.25, 0.3) is 0 Å². The van der Waals surface area contributed by atoms with Crippen LogP contribution in [0.25, 0.3) is 43.6 Å². The van der Waals surface area contributed by atoms with Crippen molar-refractivity contribution in [2.45, 2.75) is 70.1 Å². The number of H-pyrrole nitrogens is 4. The van der Waals surface area contributed by atoms with Gasteiger partial charge in [0.15, 0.2) is 17.2 Å². The molecule has 14 rings (SSSR count). The topological polar surface area (TPSA) is 258 Å². The minimum absolute atomic E-state index is 0.0153. The first-order valence-electron chi connectivity index (χ1n) is 30.1. The molecule has 10 aromatic rings. The average Bonchev–Trinajstić information content (AvgIpc) is 2.45.